The van der Waals surface area contributed by atoms with Crippen LogP contribution in [-0.4, -0.2) is 0 Å². The highest BCUT2D eigenvalue weighted by Crippen LogP contribution is 2.39. The fraction of sp³-hybridized carbons (Fsp3) is 0.250. The summed E-state index contributed by atoms with van der Waals surface area (Å²) in [5.74, 6) is 0.573. The Kier molecular flexibility index (Phi) is 4.34. The van der Waals surface area contributed by atoms with Crippen LogP contribution in [0.1, 0.15) is 36.0 Å². The Morgan fingerprint density at radius 2 is 1.29 bits per heavy atom. The van der Waals surface area contributed by atoms with Gasteiger partial charge in [-0.25, -0.2) is 0 Å². The fourth-order valence-corrected chi connectivity index (χ4v) is 3.02. The van der Waals surface area contributed by atoms with Crippen molar-refractivity contribution in [3.05, 3.63) is 71.8 Å². The Bertz CT molecular complexity index is 436. The normalized spacial score (nSPS) is 14.2. The standard InChI is InChI=1S/C16H19P/c1-2-15(13-9-5-3-6-10-13)16(17)14-11-7-4-8-12-14/h3-12,15-16H,2,17H2,1H3. The second-order valence-electron chi connectivity index (χ2n) is 4.36. The van der Waals surface area contributed by atoms with Crippen LogP contribution in [0.25, 0.3) is 0 Å². The van der Waals surface area contributed by atoms with Crippen LogP contribution in [0.5, 0.6) is 0 Å². The van der Waals surface area contributed by atoms with E-state index < -0.39 is 0 Å². The van der Waals surface area contributed by atoms with Crippen LogP contribution >= 0.6 is 9.24 Å². The quantitative estimate of drug-likeness (QED) is 0.676. The molecule has 0 aliphatic rings. The molecule has 0 heterocycles. The van der Waals surface area contributed by atoms with Gasteiger partial charge in [-0.15, -0.1) is 9.24 Å². The van der Waals surface area contributed by atoms with Gasteiger partial charge in [0.2, 0.25) is 0 Å². The summed E-state index contributed by atoms with van der Waals surface area (Å²) in [4.78, 5) is 0. The average molecular weight is 242 g/mol. The van der Waals surface area contributed by atoms with Gasteiger partial charge in [-0.1, -0.05) is 67.6 Å². The van der Waals surface area contributed by atoms with E-state index in [4.69, 9.17) is 0 Å². The lowest BCUT2D eigenvalue weighted by atomic mass is 9.89. The third kappa shape index (κ3) is 2.96. The van der Waals surface area contributed by atoms with Crippen LogP contribution in [0.15, 0.2) is 60.7 Å². The zero-order valence-electron chi connectivity index (χ0n) is 10.2. The Hall–Kier alpha value is -1.13. The van der Waals surface area contributed by atoms with Crippen molar-refractivity contribution < 1.29 is 0 Å². The molecule has 0 bridgehead atoms. The second-order valence-corrected chi connectivity index (χ2v) is 5.08. The molecule has 0 amide bonds. The van der Waals surface area contributed by atoms with Crippen LogP contribution in [0.2, 0.25) is 0 Å². The van der Waals surface area contributed by atoms with E-state index in [1.807, 2.05) is 0 Å². The maximum Gasteiger partial charge on any atom is 0.00538 e. The summed E-state index contributed by atoms with van der Waals surface area (Å²) >= 11 is 0. The van der Waals surface area contributed by atoms with Crippen molar-refractivity contribution in [2.45, 2.75) is 24.9 Å². The summed E-state index contributed by atoms with van der Waals surface area (Å²) in [5, 5.41) is 0. The van der Waals surface area contributed by atoms with Crippen molar-refractivity contribution in [3.63, 3.8) is 0 Å². The first-order valence-corrected chi connectivity index (χ1v) is 6.85. The monoisotopic (exact) mass is 242 g/mol. The molecular formula is C16H19P. The molecule has 1 heteroatoms. The first kappa shape index (κ1) is 12.3. The lowest BCUT2D eigenvalue weighted by Gasteiger charge is -2.23. The van der Waals surface area contributed by atoms with Gasteiger partial charge in [0.25, 0.3) is 0 Å². The Balaban J connectivity index is 2.25. The maximum atomic E-state index is 3.01. The third-order valence-electron chi connectivity index (χ3n) is 3.29. The van der Waals surface area contributed by atoms with E-state index in [-0.39, 0.29) is 0 Å². The summed E-state index contributed by atoms with van der Waals surface area (Å²) in [7, 11) is 3.01. The Morgan fingerprint density at radius 1 is 0.824 bits per heavy atom. The van der Waals surface area contributed by atoms with Crippen molar-refractivity contribution in [1.29, 1.82) is 0 Å². The summed E-state index contributed by atoms with van der Waals surface area (Å²) in [6.45, 7) is 2.26. The van der Waals surface area contributed by atoms with Crippen molar-refractivity contribution >= 4 is 9.24 Å². The SMILES string of the molecule is CCC(c1ccccc1)C(P)c1ccccc1. The maximum absolute atomic E-state index is 3.01. The predicted molar refractivity (Wildman–Crippen MR) is 78.4 cm³/mol. The molecule has 2 aromatic carbocycles. The molecule has 2 aromatic rings. The first-order chi connectivity index (χ1) is 8.33. The minimum absolute atomic E-state index is 0.489. The fourth-order valence-electron chi connectivity index (χ4n) is 2.30. The largest absolute Gasteiger partial charge is 0.129 e. The Morgan fingerprint density at radius 3 is 1.76 bits per heavy atom. The topological polar surface area (TPSA) is 0 Å². The van der Waals surface area contributed by atoms with Gasteiger partial charge >= 0.3 is 0 Å². The van der Waals surface area contributed by atoms with E-state index in [0.29, 0.717) is 11.6 Å². The molecule has 0 saturated heterocycles. The van der Waals surface area contributed by atoms with Gasteiger partial charge in [-0.2, -0.15) is 0 Å². The lowest BCUT2D eigenvalue weighted by Crippen LogP contribution is -2.04. The van der Waals surface area contributed by atoms with Gasteiger partial charge in [-0.3, -0.25) is 0 Å². The second kappa shape index (κ2) is 5.98. The minimum Gasteiger partial charge on any atom is -0.129 e. The molecule has 88 valence electrons. The van der Waals surface area contributed by atoms with Gasteiger partial charge in [0.15, 0.2) is 0 Å². The summed E-state index contributed by atoms with van der Waals surface area (Å²) < 4.78 is 0. The van der Waals surface area contributed by atoms with E-state index in [1.165, 1.54) is 11.1 Å². The summed E-state index contributed by atoms with van der Waals surface area (Å²) in [5.41, 5.74) is 3.32. The van der Waals surface area contributed by atoms with Crippen LogP contribution in [0, 0.1) is 0 Å². The molecular weight excluding hydrogens is 223 g/mol. The van der Waals surface area contributed by atoms with Crippen molar-refractivity contribution in [2.24, 2.45) is 0 Å². The van der Waals surface area contributed by atoms with E-state index in [1.54, 1.807) is 0 Å². The molecule has 2 rings (SSSR count). The molecule has 0 radical (unpaired) electrons. The van der Waals surface area contributed by atoms with Gasteiger partial charge in [-0.05, 0) is 23.5 Å². The van der Waals surface area contributed by atoms with Crippen molar-refractivity contribution in [1.82, 2.24) is 0 Å². The van der Waals surface area contributed by atoms with Gasteiger partial charge in [0.05, 0.1) is 0 Å². The summed E-state index contributed by atoms with van der Waals surface area (Å²) in [6.07, 6.45) is 1.16. The van der Waals surface area contributed by atoms with E-state index in [9.17, 15) is 0 Å². The number of hydrogen-bond donors (Lipinski definition) is 0. The Labute approximate surface area is 106 Å². The van der Waals surface area contributed by atoms with E-state index in [2.05, 4.69) is 76.8 Å². The number of benzene rings is 2. The first-order valence-electron chi connectivity index (χ1n) is 6.18. The third-order valence-corrected chi connectivity index (χ3v) is 4.14. The highest BCUT2D eigenvalue weighted by atomic mass is 31.0. The minimum atomic E-state index is 0.489. The smallest absolute Gasteiger partial charge is 0.00538 e. The highest BCUT2D eigenvalue weighted by molar-refractivity contribution is 7.17. The molecule has 3 unspecified atom stereocenters. The average Bonchev–Trinajstić information content (AvgIpc) is 2.42. The predicted octanol–water partition coefficient (Wildman–Crippen LogP) is 4.80. The molecule has 0 saturated carbocycles. The van der Waals surface area contributed by atoms with E-state index >= 15 is 0 Å². The number of hydrogen-bond acceptors (Lipinski definition) is 0. The molecule has 0 fully saturated rings. The van der Waals surface area contributed by atoms with Gasteiger partial charge < -0.3 is 0 Å². The van der Waals surface area contributed by atoms with Gasteiger partial charge in [0.1, 0.15) is 0 Å². The van der Waals surface area contributed by atoms with Crippen LogP contribution in [0.4, 0.5) is 0 Å². The number of rotatable bonds is 4. The lowest BCUT2D eigenvalue weighted by molar-refractivity contribution is 0.647. The van der Waals surface area contributed by atoms with E-state index in [0.717, 1.165) is 6.42 Å². The molecule has 0 aromatic heterocycles. The molecule has 3 atom stereocenters. The van der Waals surface area contributed by atoms with Gasteiger partial charge in [0, 0.05) is 5.66 Å². The zero-order valence-corrected chi connectivity index (χ0v) is 11.4. The highest BCUT2D eigenvalue weighted by Gasteiger charge is 2.18. The zero-order chi connectivity index (χ0) is 12.1. The van der Waals surface area contributed by atoms with Crippen molar-refractivity contribution in [2.75, 3.05) is 0 Å². The van der Waals surface area contributed by atoms with Crippen LogP contribution < -0.4 is 0 Å². The van der Waals surface area contributed by atoms with Crippen molar-refractivity contribution in [3.8, 4) is 0 Å². The molecule has 0 N–H and O–H groups in total. The van der Waals surface area contributed by atoms with Crippen LogP contribution in [-0.2, 0) is 0 Å². The molecule has 0 aliphatic heterocycles. The van der Waals surface area contributed by atoms with Crippen LogP contribution in [0.3, 0.4) is 0 Å². The molecule has 0 spiro atoms. The molecule has 0 nitrogen and oxygen atoms in total. The summed E-state index contributed by atoms with van der Waals surface area (Å²) in [6, 6.07) is 21.5. The molecule has 0 aliphatic carbocycles. The molecule has 17 heavy (non-hydrogen) atoms.